The Morgan fingerprint density at radius 2 is 1.94 bits per heavy atom. The van der Waals surface area contributed by atoms with Crippen LogP contribution < -0.4 is 5.73 Å². The monoisotopic (exact) mass is 274 g/mol. The van der Waals surface area contributed by atoms with Crippen molar-refractivity contribution in [1.82, 2.24) is 15.2 Å². The fraction of sp³-hybridized carbons (Fsp3) is 0.0833. The van der Waals surface area contributed by atoms with Crippen LogP contribution in [0.15, 0.2) is 41.2 Å². The summed E-state index contributed by atoms with van der Waals surface area (Å²) in [7, 11) is 0. The summed E-state index contributed by atoms with van der Waals surface area (Å²) in [6.07, 6.45) is 0. The third kappa shape index (κ3) is 2.17. The van der Waals surface area contributed by atoms with E-state index >= 15 is 0 Å². The Morgan fingerprint density at radius 1 is 1.11 bits per heavy atom. The van der Waals surface area contributed by atoms with Crippen molar-refractivity contribution >= 4 is 22.7 Å². The zero-order valence-corrected chi connectivity index (χ0v) is 11.0. The normalized spacial score (nSPS) is 12.5. The van der Waals surface area contributed by atoms with Crippen molar-refractivity contribution < 1.29 is 0 Å². The summed E-state index contributed by atoms with van der Waals surface area (Å²) in [5.41, 5.74) is 9.86. The average Bonchev–Trinajstić information content (AvgIpc) is 3.09. The fourth-order valence-electron chi connectivity index (χ4n) is 1.58. The summed E-state index contributed by atoms with van der Waals surface area (Å²) in [5, 5.41) is 11.9. The summed E-state index contributed by atoms with van der Waals surface area (Å²) in [6, 6.07) is 9.67. The van der Waals surface area contributed by atoms with E-state index in [1.807, 2.05) is 35.7 Å². The fourth-order valence-corrected chi connectivity index (χ4v) is 3.04. The maximum Gasteiger partial charge on any atom is 0.167 e. The molecule has 0 spiro atoms. The van der Waals surface area contributed by atoms with E-state index in [4.69, 9.17) is 5.73 Å². The van der Waals surface area contributed by atoms with Gasteiger partial charge in [0.1, 0.15) is 10.7 Å². The third-order valence-electron chi connectivity index (χ3n) is 2.52. The van der Waals surface area contributed by atoms with Crippen molar-refractivity contribution in [3.8, 4) is 10.7 Å². The van der Waals surface area contributed by atoms with Crippen molar-refractivity contribution in [3.63, 3.8) is 0 Å². The lowest BCUT2D eigenvalue weighted by molar-refractivity contribution is 0.830. The summed E-state index contributed by atoms with van der Waals surface area (Å²) in [4.78, 5) is 4.22. The average molecular weight is 274 g/mol. The summed E-state index contributed by atoms with van der Waals surface area (Å²) < 4.78 is 0. The van der Waals surface area contributed by atoms with Crippen LogP contribution in [0.1, 0.15) is 16.6 Å². The van der Waals surface area contributed by atoms with Crippen LogP contribution in [-0.2, 0) is 0 Å². The van der Waals surface area contributed by atoms with Gasteiger partial charge in [-0.15, -0.1) is 21.5 Å². The van der Waals surface area contributed by atoms with E-state index in [-0.39, 0.29) is 6.04 Å². The second-order valence-electron chi connectivity index (χ2n) is 3.71. The van der Waals surface area contributed by atoms with E-state index in [0.29, 0.717) is 0 Å². The molecule has 90 valence electrons. The molecule has 3 rings (SSSR count). The van der Waals surface area contributed by atoms with Crippen LogP contribution in [0, 0.1) is 0 Å². The number of benzene rings is 1. The first kappa shape index (κ1) is 11.5. The first-order chi connectivity index (χ1) is 8.84. The van der Waals surface area contributed by atoms with Crippen LogP contribution >= 0.6 is 22.7 Å². The van der Waals surface area contributed by atoms with Gasteiger partial charge < -0.3 is 5.73 Å². The molecule has 0 amide bonds. The lowest BCUT2D eigenvalue weighted by atomic mass is 10.1. The van der Waals surface area contributed by atoms with E-state index < -0.39 is 0 Å². The number of nitrogens with zero attached hydrogens (tertiary/aromatic N) is 3. The van der Waals surface area contributed by atoms with Gasteiger partial charge in [0.05, 0.1) is 11.6 Å². The summed E-state index contributed by atoms with van der Waals surface area (Å²) in [6.45, 7) is 0. The van der Waals surface area contributed by atoms with Gasteiger partial charge in [-0.2, -0.15) is 0 Å². The van der Waals surface area contributed by atoms with Crippen LogP contribution in [0.5, 0.6) is 0 Å². The highest BCUT2D eigenvalue weighted by atomic mass is 32.1. The van der Waals surface area contributed by atoms with E-state index in [0.717, 1.165) is 21.3 Å². The van der Waals surface area contributed by atoms with Gasteiger partial charge >= 0.3 is 0 Å². The highest BCUT2D eigenvalue weighted by molar-refractivity contribution is 7.15. The zero-order valence-electron chi connectivity index (χ0n) is 9.35. The minimum absolute atomic E-state index is 0.226. The molecule has 0 aliphatic carbocycles. The molecule has 6 heteroatoms. The molecule has 0 radical (unpaired) electrons. The van der Waals surface area contributed by atoms with Crippen LogP contribution in [0.2, 0.25) is 0 Å². The van der Waals surface area contributed by atoms with Gasteiger partial charge in [-0.05, 0) is 5.56 Å². The van der Waals surface area contributed by atoms with Gasteiger partial charge in [-0.1, -0.05) is 41.7 Å². The summed E-state index contributed by atoms with van der Waals surface area (Å²) in [5.74, 6) is 0. The lowest BCUT2D eigenvalue weighted by Gasteiger charge is -2.06. The van der Waals surface area contributed by atoms with Crippen molar-refractivity contribution in [2.75, 3.05) is 0 Å². The summed E-state index contributed by atoms with van der Waals surface area (Å²) >= 11 is 3.04. The maximum absolute atomic E-state index is 6.17. The minimum atomic E-state index is -0.226. The van der Waals surface area contributed by atoms with Gasteiger partial charge in [-0.25, -0.2) is 4.98 Å². The number of hydrogen-bond acceptors (Lipinski definition) is 6. The molecule has 4 nitrogen and oxygen atoms in total. The molecule has 0 bridgehead atoms. The highest BCUT2D eigenvalue weighted by Gasteiger charge is 2.15. The Labute approximate surface area is 112 Å². The van der Waals surface area contributed by atoms with Gasteiger partial charge in [-0.3, -0.25) is 0 Å². The van der Waals surface area contributed by atoms with E-state index in [1.54, 1.807) is 16.8 Å². The van der Waals surface area contributed by atoms with Crippen LogP contribution in [0.25, 0.3) is 10.7 Å². The lowest BCUT2D eigenvalue weighted by Crippen LogP contribution is -2.11. The second kappa shape index (κ2) is 4.93. The molecule has 2 heterocycles. The highest BCUT2D eigenvalue weighted by Crippen LogP contribution is 2.28. The molecule has 0 fully saturated rings. The Kier molecular flexibility index (Phi) is 3.14. The van der Waals surface area contributed by atoms with Crippen molar-refractivity contribution in [2.24, 2.45) is 5.73 Å². The number of aromatic nitrogens is 3. The van der Waals surface area contributed by atoms with Crippen LogP contribution in [0.4, 0.5) is 0 Å². The van der Waals surface area contributed by atoms with Gasteiger partial charge in [0.15, 0.2) is 5.01 Å². The van der Waals surface area contributed by atoms with Crippen LogP contribution in [-0.4, -0.2) is 15.2 Å². The molecule has 1 aromatic carbocycles. The SMILES string of the molecule is NC(c1ccccc1)c1nnc(-c2cscn2)s1. The number of nitrogens with two attached hydrogens (primary N) is 1. The van der Waals surface area contributed by atoms with Gasteiger partial charge in [0, 0.05) is 5.38 Å². The smallest absolute Gasteiger partial charge is 0.167 e. The predicted molar refractivity (Wildman–Crippen MR) is 73.5 cm³/mol. The standard InChI is InChI=1S/C12H10N4S2/c13-10(8-4-2-1-3-5-8)12-16-15-11(18-12)9-6-17-7-14-9/h1-7,10H,13H2. The Bertz CT molecular complexity index is 619. The molecule has 0 aliphatic rings. The van der Waals surface area contributed by atoms with Gasteiger partial charge in [0.25, 0.3) is 0 Å². The molecular formula is C12H10N4S2. The van der Waals surface area contributed by atoms with Crippen molar-refractivity contribution in [2.45, 2.75) is 6.04 Å². The van der Waals surface area contributed by atoms with E-state index in [1.165, 1.54) is 11.3 Å². The maximum atomic E-state index is 6.17. The number of rotatable bonds is 3. The molecule has 2 aromatic heterocycles. The first-order valence-electron chi connectivity index (χ1n) is 5.37. The number of thiazole rings is 1. The molecule has 0 aliphatic heterocycles. The van der Waals surface area contributed by atoms with E-state index in [9.17, 15) is 0 Å². The third-order valence-corrected chi connectivity index (χ3v) is 4.13. The van der Waals surface area contributed by atoms with Crippen LogP contribution in [0.3, 0.4) is 0 Å². The molecule has 18 heavy (non-hydrogen) atoms. The Hall–Kier alpha value is -1.63. The zero-order chi connectivity index (χ0) is 12.4. The predicted octanol–water partition coefficient (Wildman–Crippen LogP) is 2.71. The second-order valence-corrected chi connectivity index (χ2v) is 5.44. The van der Waals surface area contributed by atoms with Crippen molar-refractivity contribution in [3.05, 3.63) is 51.8 Å². The molecule has 2 N–H and O–H groups in total. The number of hydrogen-bond donors (Lipinski definition) is 1. The Morgan fingerprint density at radius 3 is 2.67 bits per heavy atom. The molecular weight excluding hydrogens is 264 g/mol. The minimum Gasteiger partial charge on any atom is -0.318 e. The molecule has 0 saturated heterocycles. The molecule has 3 aromatic rings. The van der Waals surface area contributed by atoms with Gasteiger partial charge in [0.2, 0.25) is 0 Å². The van der Waals surface area contributed by atoms with E-state index in [2.05, 4.69) is 15.2 Å². The molecule has 0 saturated carbocycles. The largest absolute Gasteiger partial charge is 0.318 e. The molecule has 1 atom stereocenters. The van der Waals surface area contributed by atoms with Crippen molar-refractivity contribution in [1.29, 1.82) is 0 Å². The quantitative estimate of drug-likeness (QED) is 0.797. The Balaban J connectivity index is 1.90. The molecule has 1 unspecified atom stereocenters. The first-order valence-corrected chi connectivity index (χ1v) is 7.13. The topological polar surface area (TPSA) is 64.7 Å².